The van der Waals surface area contributed by atoms with Crippen molar-refractivity contribution in [3.63, 3.8) is 0 Å². The summed E-state index contributed by atoms with van der Waals surface area (Å²) in [7, 11) is -3.15. The Morgan fingerprint density at radius 1 is 1.04 bits per heavy atom. The van der Waals surface area contributed by atoms with Gasteiger partial charge in [-0.2, -0.15) is 0 Å². The summed E-state index contributed by atoms with van der Waals surface area (Å²) < 4.78 is 25.3. The van der Waals surface area contributed by atoms with Crippen molar-refractivity contribution in [1.29, 1.82) is 0 Å². The number of hydrogen-bond donors (Lipinski definition) is 1. The van der Waals surface area contributed by atoms with E-state index < -0.39 is 10.0 Å². The summed E-state index contributed by atoms with van der Waals surface area (Å²) in [5, 5.41) is 2.92. The van der Waals surface area contributed by atoms with E-state index in [2.05, 4.69) is 10.2 Å². The molecule has 27 heavy (non-hydrogen) atoms. The van der Waals surface area contributed by atoms with Crippen LogP contribution in [0.15, 0.2) is 30.3 Å². The fourth-order valence-corrected chi connectivity index (χ4v) is 5.17. The number of piperidine rings is 1. The lowest BCUT2D eigenvalue weighted by Crippen LogP contribution is -2.33. The second kappa shape index (κ2) is 9.37. The van der Waals surface area contributed by atoms with Crippen molar-refractivity contribution in [2.75, 3.05) is 42.8 Å². The van der Waals surface area contributed by atoms with Crippen molar-refractivity contribution < 1.29 is 13.2 Å². The standard InChI is InChI=1S/C20H29N3O3S/c24-20(21-12-4-15-22-13-2-1-3-14-22)11-8-18-6-9-19(10-7-18)23-16-5-17-27(23,25)26/h6-11H,1-5,12-17H2,(H,21,24)/b11-8+. The predicted molar refractivity (Wildman–Crippen MR) is 109 cm³/mol. The molecule has 2 aliphatic heterocycles. The maximum atomic E-state index is 11.9. The van der Waals surface area contributed by atoms with Crippen LogP contribution in [0.3, 0.4) is 0 Å². The second-order valence-corrected chi connectivity index (χ2v) is 9.23. The van der Waals surface area contributed by atoms with E-state index in [0.29, 0.717) is 25.2 Å². The number of carbonyl (C=O) groups excluding carboxylic acids is 1. The molecule has 1 aromatic carbocycles. The smallest absolute Gasteiger partial charge is 0.243 e. The number of nitrogens with zero attached hydrogens (tertiary/aromatic N) is 2. The first kappa shape index (κ1) is 19.9. The van der Waals surface area contributed by atoms with Crippen LogP contribution in [-0.4, -0.2) is 57.7 Å². The number of likely N-dealkylation sites (tertiary alicyclic amines) is 1. The third-order valence-electron chi connectivity index (χ3n) is 5.11. The second-order valence-electron chi connectivity index (χ2n) is 7.21. The van der Waals surface area contributed by atoms with Crippen LogP contribution >= 0.6 is 0 Å². The van der Waals surface area contributed by atoms with E-state index in [1.807, 2.05) is 12.1 Å². The summed E-state index contributed by atoms with van der Waals surface area (Å²) in [5.41, 5.74) is 1.56. The van der Waals surface area contributed by atoms with Gasteiger partial charge in [0.25, 0.3) is 0 Å². The van der Waals surface area contributed by atoms with Crippen molar-refractivity contribution in [2.24, 2.45) is 0 Å². The summed E-state index contributed by atoms with van der Waals surface area (Å²) in [5.74, 6) is 0.117. The monoisotopic (exact) mass is 391 g/mol. The Balaban J connectivity index is 1.41. The predicted octanol–water partition coefficient (Wildman–Crippen LogP) is 2.23. The molecule has 148 valence electrons. The molecule has 1 N–H and O–H groups in total. The molecule has 2 heterocycles. The van der Waals surface area contributed by atoms with E-state index in [4.69, 9.17) is 0 Å². The third kappa shape index (κ3) is 5.81. The van der Waals surface area contributed by atoms with Gasteiger partial charge in [-0.3, -0.25) is 9.10 Å². The van der Waals surface area contributed by atoms with Crippen LogP contribution in [-0.2, 0) is 14.8 Å². The van der Waals surface area contributed by atoms with Crippen LogP contribution in [0.4, 0.5) is 5.69 Å². The van der Waals surface area contributed by atoms with Crippen molar-refractivity contribution in [3.8, 4) is 0 Å². The summed E-state index contributed by atoms with van der Waals surface area (Å²) in [6, 6.07) is 7.25. The Hall–Kier alpha value is -1.86. The topological polar surface area (TPSA) is 69.7 Å². The molecule has 0 spiro atoms. The normalized spacial score (nSPS) is 20.2. The molecule has 2 saturated heterocycles. The van der Waals surface area contributed by atoms with Crippen LogP contribution in [0.25, 0.3) is 6.08 Å². The Bertz CT molecular complexity index is 753. The van der Waals surface area contributed by atoms with Gasteiger partial charge < -0.3 is 10.2 Å². The van der Waals surface area contributed by atoms with Gasteiger partial charge in [0, 0.05) is 19.2 Å². The Kier molecular flexibility index (Phi) is 6.90. The molecule has 2 aliphatic rings. The molecule has 7 heteroatoms. The quantitative estimate of drug-likeness (QED) is 0.572. The largest absolute Gasteiger partial charge is 0.353 e. The van der Waals surface area contributed by atoms with Crippen LogP contribution in [0.2, 0.25) is 0 Å². The number of amides is 1. The van der Waals surface area contributed by atoms with Crippen LogP contribution in [0.1, 0.15) is 37.7 Å². The number of nitrogens with one attached hydrogen (secondary N) is 1. The molecular formula is C20H29N3O3S. The Morgan fingerprint density at radius 3 is 2.44 bits per heavy atom. The van der Waals surface area contributed by atoms with Crippen molar-refractivity contribution in [1.82, 2.24) is 10.2 Å². The van der Waals surface area contributed by atoms with Gasteiger partial charge in [0.05, 0.1) is 11.4 Å². The average molecular weight is 392 g/mol. The van der Waals surface area contributed by atoms with Gasteiger partial charge in [0.1, 0.15) is 0 Å². The minimum atomic E-state index is -3.15. The Labute approximate surface area is 162 Å². The number of rotatable bonds is 7. The highest BCUT2D eigenvalue weighted by Crippen LogP contribution is 2.24. The number of anilines is 1. The van der Waals surface area contributed by atoms with Gasteiger partial charge >= 0.3 is 0 Å². The maximum absolute atomic E-state index is 11.9. The van der Waals surface area contributed by atoms with Crippen LogP contribution < -0.4 is 9.62 Å². The number of carbonyl (C=O) groups is 1. The molecule has 0 saturated carbocycles. The van der Waals surface area contributed by atoms with Gasteiger partial charge in [-0.25, -0.2) is 8.42 Å². The fraction of sp³-hybridized carbons (Fsp3) is 0.550. The molecule has 0 unspecified atom stereocenters. The molecule has 1 aromatic rings. The minimum Gasteiger partial charge on any atom is -0.353 e. The molecule has 1 amide bonds. The van der Waals surface area contributed by atoms with Crippen molar-refractivity contribution >= 4 is 27.7 Å². The SMILES string of the molecule is O=C(/C=C/c1ccc(N2CCCS2(=O)=O)cc1)NCCCN1CCCCC1. The van der Waals surface area contributed by atoms with E-state index >= 15 is 0 Å². The molecule has 0 radical (unpaired) electrons. The Morgan fingerprint density at radius 2 is 1.78 bits per heavy atom. The molecule has 6 nitrogen and oxygen atoms in total. The van der Waals surface area contributed by atoms with Crippen LogP contribution in [0.5, 0.6) is 0 Å². The number of benzene rings is 1. The van der Waals surface area contributed by atoms with E-state index in [-0.39, 0.29) is 11.7 Å². The highest BCUT2D eigenvalue weighted by atomic mass is 32.2. The van der Waals surface area contributed by atoms with E-state index in [1.165, 1.54) is 42.7 Å². The highest BCUT2D eigenvalue weighted by Gasteiger charge is 2.28. The summed E-state index contributed by atoms with van der Waals surface area (Å²) in [6.07, 6.45) is 8.84. The van der Waals surface area contributed by atoms with Crippen molar-refractivity contribution in [2.45, 2.75) is 32.1 Å². The minimum absolute atomic E-state index is 0.0974. The molecule has 0 atom stereocenters. The molecule has 3 rings (SSSR count). The molecule has 0 aromatic heterocycles. The lowest BCUT2D eigenvalue weighted by molar-refractivity contribution is -0.116. The first-order chi connectivity index (χ1) is 13.0. The first-order valence-corrected chi connectivity index (χ1v) is 11.4. The lowest BCUT2D eigenvalue weighted by Gasteiger charge is -2.26. The number of sulfonamides is 1. The van der Waals surface area contributed by atoms with Crippen LogP contribution in [0, 0.1) is 0 Å². The molecular weight excluding hydrogens is 362 g/mol. The highest BCUT2D eigenvalue weighted by molar-refractivity contribution is 7.93. The van der Waals surface area contributed by atoms with Gasteiger partial charge in [0.2, 0.25) is 15.9 Å². The third-order valence-corrected chi connectivity index (χ3v) is 6.98. The summed E-state index contributed by atoms with van der Waals surface area (Å²) in [4.78, 5) is 14.4. The van der Waals surface area contributed by atoms with Gasteiger partial charge in [-0.05, 0) is 69.1 Å². The zero-order valence-electron chi connectivity index (χ0n) is 15.8. The van der Waals surface area contributed by atoms with E-state index in [9.17, 15) is 13.2 Å². The zero-order valence-corrected chi connectivity index (χ0v) is 16.6. The van der Waals surface area contributed by atoms with E-state index in [0.717, 1.165) is 18.5 Å². The van der Waals surface area contributed by atoms with Crippen molar-refractivity contribution in [3.05, 3.63) is 35.9 Å². The van der Waals surface area contributed by atoms with Gasteiger partial charge in [-0.1, -0.05) is 18.6 Å². The van der Waals surface area contributed by atoms with Gasteiger partial charge in [-0.15, -0.1) is 0 Å². The summed E-state index contributed by atoms with van der Waals surface area (Å²) >= 11 is 0. The summed E-state index contributed by atoms with van der Waals surface area (Å²) in [6.45, 7) is 4.64. The average Bonchev–Trinajstić information content (AvgIpc) is 3.04. The maximum Gasteiger partial charge on any atom is 0.243 e. The molecule has 0 bridgehead atoms. The van der Waals surface area contributed by atoms with Gasteiger partial charge in [0.15, 0.2) is 0 Å². The zero-order chi connectivity index (χ0) is 19.1. The molecule has 0 aliphatic carbocycles. The molecule has 2 fully saturated rings. The lowest BCUT2D eigenvalue weighted by atomic mass is 10.1. The fourth-order valence-electron chi connectivity index (χ4n) is 3.61. The first-order valence-electron chi connectivity index (χ1n) is 9.83. The number of hydrogen-bond acceptors (Lipinski definition) is 4. The van der Waals surface area contributed by atoms with E-state index in [1.54, 1.807) is 18.2 Å².